The molecule has 1 atom stereocenters. The van der Waals surface area contributed by atoms with Crippen molar-refractivity contribution in [1.29, 1.82) is 0 Å². The van der Waals surface area contributed by atoms with E-state index in [9.17, 15) is 0 Å². The van der Waals surface area contributed by atoms with Crippen LogP contribution in [0.15, 0.2) is 52.3 Å². The fourth-order valence-corrected chi connectivity index (χ4v) is 4.46. The first-order chi connectivity index (χ1) is 11.5. The second-order valence-electron chi connectivity index (χ2n) is 6.23. The molecule has 0 radical (unpaired) electrons. The van der Waals surface area contributed by atoms with Crippen LogP contribution in [0.25, 0.3) is 0 Å². The fourth-order valence-electron chi connectivity index (χ4n) is 2.99. The minimum atomic E-state index is 0.336. The molecule has 0 aliphatic carbocycles. The Morgan fingerprint density at radius 2 is 1.67 bits per heavy atom. The molecule has 0 bridgehead atoms. The number of hydrogen-bond donors (Lipinski definition) is 0. The van der Waals surface area contributed by atoms with Crippen molar-refractivity contribution in [2.75, 3.05) is 33.2 Å². The number of piperazine rings is 1. The molecular weight excluding hydrogens is 359 g/mol. The molecule has 24 heavy (non-hydrogen) atoms. The number of likely N-dealkylation sites (N-methyl/N-ethyl adjacent to an activating group) is 1. The summed E-state index contributed by atoms with van der Waals surface area (Å²) < 4.78 is 0. The normalized spacial score (nSPS) is 17.8. The molecule has 5 heteroatoms. The highest BCUT2D eigenvalue weighted by Gasteiger charge is 2.23. The van der Waals surface area contributed by atoms with Crippen molar-refractivity contribution < 1.29 is 0 Å². The van der Waals surface area contributed by atoms with Gasteiger partial charge in [0.25, 0.3) is 0 Å². The molecule has 1 saturated heterocycles. The van der Waals surface area contributed by atoms with Crippen molar-refractivity contribution in [3.05, 3.63) is 58.1 Å². The topological polar surface area (TPSA) is 6.48 Å². The van der Waals surface area contributed by atoms with Gasteiger partial charge in [-0.2, -0.15) is 0 Å². The van der Waals surface area contributed by atoms with Crippen molar-refractivity contribution in [2.45, 2.75) is 22.8 Å². The van der Waals surface area contributed by atoms with E-state index < -0.39 is 0 Å². The molecule has 1 heterocycles. The summed E-state index contributed by atoms with van der Waals surface area (Å²) in [7, 11) is 2.18. The molecular formula is C19H22Cl2N2S. The molecule has 2 aromatic carbocycles. The first-order valence-electron chi connectivity index (χ1n) is 8.19. The van der Waals surface area contributed by atoms with Gasteiger partial charge in [-0.25, -0.2) is 0 Å². The first kappa shape index (κ1) is 18.1. The van der Waals surface area contributed by atoms with E-state index in [0.717, 1.165) is 41.1 Å². The minimum absolute atomic E-state index is 0.336. The Morgan fingerprint density at radius 1 is 0.958 bits per heavy atom. The fraction of sp³-hybridized carbons (Fsp3) is 0.368. The summed E-state index contributed by atoms with van der Waals surface area (Å²) in [5, 5.41) is 1.57. The maximum atomic E-state index is 6.34. The molecule has 0 spiro atoms. The largest absolute Gasteiger partial charge is 0.304 e. The predicted molar refractivity (Wildman–Crippen MR) is 105 cm³/mol. The number of hydrogen-bond acceptors (Lipinski definition) is 3. The Kier molecular flexibility index (Phi) is 6.12. The van der Waals surface area contributed by atoms with E-state index >= 15 is 0 Å². The van der Waals surface area contributed by atoms with Crippen LogP contribution in [0.4, 0.5) is 0 Å². The van der Waals surface area contributed by atoms with E-state index in [1.54, 1.807) is 11.8 Å². The molecule has 128 valence electrons. The number of rotatable bonds is 4. The van der Waals surface area contributed by atoms with Crippen LogP contribution in [-0.2, 0) is 0 Å². The zero-order valence-electron chi connectivity index (χ0n) is 14.0. The Hall–Kier alpha value is -0.710. The monoisotopic (exact) mass is 380 g/mol. The summed E-state index contributed by atoms with van der Waals surface area (Å²) in [5.74, 6) is 0. The lowest BCUT2D eigenvalue weighted by Gasteiger charge is -2.37. The standard InChI is InChI=1S/C19H22Cl2N2S/c1-14(23-11-9-22(2)10-12-23)16-13-15(20)7-8-18(16)24-19-6-4-3-5-17(19)21/h3-8,13-14H,9-12H2,1-2H3. The zero-order chi connectivity index (χ0) is 17.1. The lowest BCUT2D eigenvalue weighted by atomic mass is 10.1. The molecule has 1 unspecified atom stereocenters. The van der Waals surface area contributed by atoms with Gasteiger partial charge in [0.2, 0.25) is 0 Å². The summed E-state index contributed by atoms with van der Waals surface area (Å²) in [6.45, 7) is 6.66. The molecule has 0 aromatic heterocycles. The van der Waals surface area contributed by atoms with Crippen LogP contribution in [0.1, 0.15) is 18.5 Å². The predicted octanol–water partition coefficient (Wildman–Crippen LogP) is 5.45. The lowest BCUT2D eigenvalue weighted by Crippen LogP contribution is -2.45. The Morgan fingerprint density at radius 3 is 2.38 bits per heavy atom. The number of nitrogens with zero attached hydrogens (tertiary/aromatic N) is 2. The van der Waals surface area contributed by atoms with E-state index in [1.165, 1.54) is 10.5 Å². The average molecular weight is 381 g/mol. The van der Waals surface area contributed by atoms with Crippen LogP contribution in [0.5, 0.6) is 0 Å². The molecule has 3 rings (SSSR count). The molecule has 2 nitrogen and oxygen atoms in total. The highest BCUT2D eigenvalue weighted by atomic mass is 35.5. The van der Waals surface area contributed by atoms with E-state index in [1.807, 2.05) is 24.3 Å². The summed E-state index contributed by atoms with van der Waals surface area (Å²) >= 11 is 14.3. The van der Waals surface area contributed by atoms with Gasteiger partial charge in [0, 0.05) is 47.0 Å². The van der Waals surface area contributed by atoms with Gasteiger partial charge in [-0.1, -0.05) is 47.1 Å². The summed E-state index contributed by atoms with van der Waals surface area (Å²) in [6.07, 6.45) is 0. The summed E-state index contributed by atoms with van der Waals surface area (Å²) in [4.78, 5) is 7.20. The molecule has 1 fully saturated rings. The Bertz CT molecular complexity index is 700. The van der Waals surface area contributed by atoms with Crippen LogP contribution in [0, 0.1) is 0 Å². The van der Waals surface area contributed by atoms with E-state index in [2.05, 4.69) is 42.0 Å². The molecule has 1 aliphatic rings. The first-order valence-corrected chi connectivity index (χ1v) is 9.76. The van der Waals surface area contributed by atoms with Gasteiger partial charge in [-0.05, 0) is 49.9 Å². The van der Waals surface area contributed by atoms with Gasteiger partial charge in [-0.3, -0.25) is 4.90 Å². The molecule has 0 N–H and O–H groups in total. The van der Waals surface area contributed by atoms with Crippen molar-refractivity contribution >= 4 is 35.0 Å². The van der Waals surface area contributed by atoms with Crippen molar-refractivity contribution in [3.8, 4) is 0 Å². The van der Waals surface area contributed by atoms with Crippen LogP contribution in [-0.4, -0.2) is 43.0 Å². The highest BCUT2D eigenvalue weighted by molar-refractivity contribution is 7.99. The summed E-state index contributed by atoms with van der Waals surface area (Å²) in [6, 6.07) is 14.5. The second-order valence-corrected chi connectivity index (χ2v) is 8.16. The average Bonchev–Trinajstić information content (AvgIpc) is 2.58. The lowest BCUT2D eigenvalue weighted by molar-refractivity contribution is 0.118. The Labute approximate surface area is 158 Å². The van der Waals surface area contributed by atoms with Gasteiger partial charge in [0.1, 0.15) is 0 Å². The van der Waals surface area contributed by atoms with Gasteiger partial charge in [-0.15, -0.1) is 0 Å². The third kappa shape index (κ3) is 4.27. The van der Waals surface area contributed by atoms with Crippen LogP contribution in [0.2, 0.25) is 10.0 Å². The van der Waals surface area contributed by atoms with Gasteiger partial charge in [0.15, 0.2) is 0 Å². The molecule has 0 saturated carbocycles. The van der Waals surface area contributed by atoms with Gasteiger partial charge in [0.05, 0.1) is 5.02 Å². The smallest absolute Gasteiger partial charge is 0.0545 e. The number of halogens is 2. The second kappa shape index (κ2) is 8.11. The maximum Gasteiger partial charge on any atom is 0.0545 e. The Balaban J connectivity index is 1.87. The van der Waals surface area contributed by atoms with E-state index in [0.29, 0.717) is 6.04 Å². The van der Waals surface area contributed by atoms with Gasteiger partial charge < -0.3 is 4.90 Å². The highest BCUT2D eigenvalue weighted by Crippen LogP contribution is 2.39. The SMILES string of the molecule is CC(c1cc(Cl)ccc1Sc1ccccc1Cl)N1CCN(C)CC1. The maximum absolute atomic E-state index is 6.34. The van der Waals surface area contributed by atoms with Crippen LogP contribution >= 0.6 is 35.0 Å². The van der Waals surface area contributed by atoms with E-state index in [-0.39, 0.29) is 0 Å². The number of benzene rings is 2. The zero-order valence-corrected chi connectivity index (χ0v) is 16.3. The van der Waals surface area contributed by atoms with Crippen LogP contribution < -0.4 is 0 Å². The quantitative estimate of drug-likeness (QED) is 0.695. The third-order valence-electron chi connectivity index (χ3n) is 4.56. The molecule has 0 amide bonds. The van der Waals surface area contributed by atoms with Crippen molar-refractivity contribution in [1.82, 2.24) is 9.80 Å². The molecule has 2 aromatic rings. The van der Waals surface area contributed by atoms with Crippen molar-refractivity contribution in [3.63, 3.8) is 0 Å². The van der Waals surface area contributed by atoms with Gasteiger partial charge >= 0.3 is 0 Å². The van der Waals surface area contributed by atoms with E-state index in [4.69, 9.17) is 23.2 Å². The van der Waals surface area contributed by atoms with Crippen LogP contribution in [0.3, 0.4) is 0 Å². The molecule has 1 aliphatic heterocycles. The third-order valence-corrected chi connectivity index (χ3v) is 6.41. The summed E-state index contributed by atoms with van der Waals surface area (Å²) in [5.41, 5.74) is 1.27. The minimum Gasteiger partial charge on any atom is -0.304 e. The van der Waals surface area contributed by atoms with Crippen molar-refractivity contribution in [2.24, 2.45) is 0 Å².